The fourth-order valence-electron chi connectivity index (χ4n) is 3.64. The van der Waals surface area contributed by atoms with Crippen molar-refractivity contribution in [2.24, 2.45) is 5.14 Å². The van der Waals surface area contributed by atoms with E-state index in [0.717, 1.165) is 37.1 Å². The topological polar surface area (TPSA) is 124 Å². The third-order valence-corrected chi connectivity index (χ3v) is 6.21. The zero-order valence-corrected chi connectivity index (χ0v) is 17.1. The van der Waals surface area contributed by atoms with Gasteiger partial charge in [-0.05, 0) is 48.7 Å². The highest BCUT2D eigenvalue weighted by molar-refractivity contribution is 7.89. The minimum absolute atomic E-state index is 0.0172. The van der Waals surface area contributed by atoms with Gasteiger partial charge in [0, 0.05) is 25.1 Å². The Morgan fingerprint density at radius 1 is 1.10 bits per heavy atom. The number of aryl methyl sites for hydroxylation is 1. The Hall–Kier alpha value is -3.04. The molecule has 2 aromatic carbocycles. The molecule has 4 rings (SSSR count). The van der Waals surface area contributed by atoms with Crippen LogP contribution >= 0.6 is 0 Å². The maximum Gasteiger partial charge on any atom is 0.261 e. The fourth-order valence-corrected chi connectivity index (χ4v) is 4.16. The van der Waals surface area contributed by atoms with Gasteiger partial charge in [-0.15, -0.1) is 0 Å². The van der Waals surface area contributed by atoms with E-state index >= 15 is 0 Å². The molecule has 0 spiro atoms. The number of fused-ring (bicyclic) bond motifs is 2. The highest BCUT2D eigenvalue weighted by Gasteiger charge is 2.15. The zero-order chi connectivity index (χ0) is 21.3. The van der Waals surface area contributed by atoms with Gasteiger partial charge in [0.15, 0.2) is 0 Å². The third kappa shape index (κ3) is 4.12. The van der Waals surface area contributed by atoms with Gasteiger partial charge in [-0.2, -0.15) is 0 Å². The monoisotopic (exact) mass is 426 g/mol. The van der Waals surface area contributed by atoms with Crippen molar-refractivity contribution in [1.29, 1.82) is 0 Å². The highest BCUT2D eigenvalue weighted by Crippen LogP contribution is 2.16. The van der Waals surface area contributed by atoms with Gasteiger partial charge >= 0.3 is 0 Å². The van der Waals surface area contributed by atoms with E-state index in [9.17, 15) is 18.0 Å². The maximum atomic E-state index is 12.8. The standard InChI is InChI=1S/C21H22N4O4S/c22-30(28,29)16-8-5-14(6-9-16)13-23-20(26)15-7-10-17-18(12-15)24-19-4-2-1-3-11-25(19)21(17)27/h5-10,12H,1-4,11,13H2,(H,23,26)(H2,22,28,29). The summed E-state index contributed by atoms with van der Waals surface area (Å²) in [6.45, 7) is 0.908. The van der Waals surface area contributed by atoms with Gasteiger partial charge < -0.3 is 5.32 Å². The van der Waals surface area contributed by atoms with Gasteiger partial charge in [0.2, 0.25) is 10.0 Å². The lowest BCUT2D eigenvalue weighted by atomic mass is 10.1. The lowest BCUT2D eigenvalue weighted by Crippen LogP contribution is -2.25. The molecule has 0 atom stereocenters. The summed E-state index contributed by atoms with van der Waals surface area (Å²) in [6, 6.07) is 10.9. The van der Waals surface area contributed by atoms with Gasteiger partial charge in [-0.1, -0.05) is 18.6 Å². The summed E-state index contributed by atoms with van der Waals surface area (Å²) >= 11 is 0. The van der Waals surface area contributed by atoms with Crippen molar-refractivity contribution in [3.8, 4) is 0 Å². The summed E-state index contributed by atoms with van der Waals surface area (Å²) in [5.41, 5.74) is 1.62. The number of hydrogen-bond donors (Lipinski definition) is 2. The number of carbonyl (C=O) groups excluding carboxylic acids is 1. The predicted molar refractivity (Wildman–Crippen MR) is 113 cm³/mol. The van der Waals surface area contributed by atoms with E-state index in [2.05, 4.69) is 10.3 Å². The second kappa shape index (κ2) is 8.00. The van der Waals surface area contributed by atoms with Crippen LogP contribution in [-0.2, 0) is 29.5 Å². The van der Waals surface area contributed by atoms with Crippen LogP contribution in [0.5, 0.6) is 0 Å². The molecule has 156 valence electrons. The molecule has 3 aromatic rings. The zero-order valence-electron chi connectivity index (χ0n) is 16.3. The summed E-state index contributed by atoms with van der Waals surface area (Å²) in [5, 5.41) is 8.39. The Morgan fingerprint density at radius 2 is 1.87 bits per heavy atom. The molecule has 0 unspecified atom stereocenters. The number of nitrogens with one attached hydrogen (secondary N) is 1. The van der Waals surface area contributed by atoms with E-state index < -0.39 is 10.0 Å². The molecule has 1 aromatic heterocycles. The van der Waals surface area contributed by atoms with Crippen LogP contribution in [0.3, 0.4) is 0 Å². The Labute approximate surface area is 173 Å². The van der Waals surface area contributed by atoms with Crippen molar-refractivity contribution in [1.82, 2.24) is 14.9 Å². The van der Waals surface area contributed by atoms with E-state index in [4.69, 9.17) is 5.14 Å². The molecule has 1 aliphatic heterocycles. The highest BCUT2D eigenvalue weighted by atomic mass is 32.2. The van der Waals surface area contributed by atoms with Gasteiger partial charge in [0.25, 0.3) is 11.5 Å². The number of nitrogens with two attached hydrogens (primary N) is 1. The molecular weight excluding hydrogens is 404 g/mol. The van der Waals surface area contributed by atoms with Crippen molar-refractivity contribution in [2.45, 2.75) is 43.7 Å². The van der Waals surface area contributed by atoms with Crippen molar-refractivity contribution < 1.29 is 13.2 Å². The summed E-state index contributed by atoms with van der Waals surface area (Å²) in [7, 11) is -3.75. The molecule has 0 fully saturated rings. The first-order valence-electron chi connectivity index (χ1n) is 9.76. The van der Waals surface area contributed by atoms with Gasteiger partial charge in [0.05, 0.1) is 15.8 Å². The Balaban J connectivity index is 1.54. The van der Waals surface area contributed by atoms with Crippen LogP contribution in [0.2, 0.25) is 0 Å². The molecule has 30 heavy (non-hydrogen) atoms. The molecule has 0 radical (unpaired) electrons. The summed E-state index contributed by atoms with van der Waals surface area (Å²) < 4.78 is 24.4. The lowest BCUT2D eigenvalue weighted by molar-refractivity contribution is 0.0951. The van der Waals surface area contributed by atoms with Gasteiger partial charge in [0.1, 0.15) is 5.82 Å². The molecule has 8 nitrogen and oxygen atoms in total. The van der Waals surface area contributed by atoms with Crippen molar-refractivity contribution in [3.63, 3.8) is 0 Å². The van der Waals surface area contributed by atoms with E-state index in [0.29, 0.717) is 23.0 Å². The third-order valence-electron chi connectivity index (χ3n) is 5.28. The number of amides is 1. The van der Waals surface area contributed by atoms with Gasteiger partial charge in [-0.25, -0.2) is 18.5 Å². The summed E-state index contributed by atoms with van der Waals surface area (Å²) in [4.78, 5) is 30.0. The number of hydrogen-bond acceptors (Lipinski definition) is 5. The molecule has 3 N–H and O–H groups in total. The SMILES string of the molecule is NS(=O)(=O)c1ccc(CNC(=O)c2ccc3c(=O)n4c(nc3c2)CCCCC4)cc1. The Bertz CT molecular complexity index is 1280. The molecule has 9 heteroatoms. The molecule has 1 aliphatic rings. The summed E-state index contributed by atoms with van der Waals surface area (Å²) in [6.07, 6.45) is 3.81. The van der Waals surface area contributed by atoms with E-state index in [1.54, 1.807) is 34.9 Å². The van der Waals surface area contributed by atoms with Gasteiger partial charge in [-0.3, -0.25) is 14.2 Å². The predicted octanol–water partition coefficient (Wildman–Crippen LogP) is 1.70. The molecule has 0 aliphatic carbocycles. The normalized spacial score (nSPS) is 14.2. The van der Waals surface area contributed by atoms with E-state index in [1.165, 1.54) is 12.1 Å². The molecular formula is C21H22N4O4S. The molecule has 1 amide bonds. The molecule has 2 heterocycles. The van der Waals surface area contributed by atoms with Crippen LogP contribution in [0.15, 0.2) is 52.2 Å². The molecule has 0 saturated carbocycles. The number of sulfonamides is 1. The van der Waals surface area contributed by atoms with Crippen molar-refractivity contribution in [2.75, 3.05) is 0 Å². The van der Waals surface area contributed by atoms with E-state index in [1.807, 2.05) is 0 Å². The summed E-state index contributed by atoms with van der Waals surface area (Å²) in [5.74, 6) is 0.474. The van der Waals surface area contributed by atoms with Crippen molar-refractivity contribution in [3.05, 3.63) is 69.8 Å². The minimum Gasteiger partial charge on any atom is -0.348 e. The second-order valence-corrected chi connectivity index (χ2v) is 8.96. The number of carbonyl (C=O) groups is 1. The average molecular weight is 426 g/mol. The number of aromatic nitrogens is 2. The molecule has 0 bridgehead atoms. The number of rotatable bonds is 4. The van der Waals surface area contributed by atoms with E-state index in [-0.39, 0.29) is 22.9 Å². The first kappa shape index (κ1) is 20.2. The van der Waals surface area contributed by atoms with Crippen molar-refractivity contribution >= 4 is 26.8 Å². The van der Waals surface area contributed by atoms with Crippen LogP contribution in [0, 0.1) is 0 Å². The quantitative estimate of drug-likeness (QED) is 0.657. The average Bonchev–Trinajstić information content (AvgIpc) is 2.97. The van der Waals surface area contributed by atoms with Crippen LogP contribution in [0.1, 0.15) is 41.0 Å². The maximum absolute atomic E-state index is 12.8. The number of benzene rings is 2. The van der Waals surface area contributed by atoms with Crippen LogP contribution < -0.4 is 16.0 Å². The number of primary sulfonamides is 1. The van der Waals surface area contributed by atoms with Crippen LogP contribution in [0.25, 0.3) is 10.9 Å². The van der Waals surface area contributed by atoms with Crippen LogP contribution in [0.4, 0.5) is 0 Å². The minimum atomic E-state index is -3.75. The van der Waals surface area contributed by atoms with Crippen LogP contribution in [-0.4, -0.2) is 23.9 Å². The number of nitrogens with zero attached hydrogens (tertiary/aromatic N) is 2. The second-order valence-electron chi connectivity index (χ2n) is 7.40. The molecule has 0 saturated heterocycles. The Kier molecular flexibility index (Phi) is 5.40. The first-order valence-corrected chi connectivity index (χ1v) is 11.3. The fraction of sp³-hybridized carbons (Fsp3) is 0.286. The Morgan fingerprint density at radius 3 is 2.60 bits per heavy atom. The lowest BCUT2D eigenvalue weighted by Gasteiger charge is -2.11. The largest absolute Gasteiger partial charge is 0.348 e. The first-order chi connectivity index (χ1) is 14.3. The smallest absolute Gasteiger partial charge is 0.261 e.